The quantitative estimate of drug-likeness (QED) is 0.740. The van der Waals surface area contributed by atoms with Crippen molar-refractivity contribution in [2.75, 3.05) is 25.0 Å². The fourth-order valence-electron chi connectivity index (χ4n) is 3.07. The summed E-state index contributed by atoms with van der Waals surface area (Å²) in [5.41, 5.74) is -0.314. The molecule has 0 atom stereocenters. The van der Waals surface area contributed by atoms with Gasteiger partial charge in [-0.15, -0.1) is 0 Å². The predicted octanol–water partition coefficient (Wildman–Crippen LogP) is 2.44. The SMILES string of the molecule is CN(C(=O)OC(C)(C)C)C1CN(c2ccc(B3OC(C)(C)C(C)(C)O3)cn2)C1. The third-order valence-corrected chi connectivity index (χ3v) is 5.71. The van der Waals surface area contributed by atoms with Gasteiger partial charge in [-0.1, -0.05) is 6.07 Å². The number of carbonyl (C=O) groups excluding carboxylic acids is 1. The Hall–Kier alpha value is -1.80. The molecule has 8 heteroatoms. The van der Waals surface area contributed by atoms with Crippen molar-refractivity contribution in [3.63, 3.8) is 0 Å². The summed E-state index contributed by atoms with van der Waals surface area (Å²) in [6.07, 6.45) is 1.52. The lowest BCUT2D eigenvalue weighted by molar-refractivity contribution is 0.00578. The number of likely N-dealkylation sites (N-methyl/N-ethyl adjacent to an activating group) is 1. The van der Waals surface area contributed by atoms with Crippen LogP contribution in [0.25, 0.3) is 0 Å². The van der Waals surface area contributed by atoms with Crippen molar-refractivity contribution >= 4 is 24.5 Å². The minimum atomic E-state index is -0.486. The van der Waals surface area contributed by atoms with Crippen LogP contribution < -0.4 is 10.4 Å². The summed E-state index contributed by atoms with van der Waals surface area (Å²) in [4.78, 5) is 20.6. The van der Waals surface area contributed by atoms with E-state index < -0.39 is 12.7 Å². The molecular formula is C20H32BN3O4. The first-order chi connectivity index (χ1) is 12.8. The Morgan fingerprint density at radius 3 is 2.25 bits per heavy atom. The molecule has 0 unspecified atom stereocenters. The van der Waals surface area contributed by atoms with Crippen molar-refractivity contribution < 1.29 is 18.8 Å². The van der Waals surface area contributed by atoms with E-state index in [2.05, 4.69) is 9.88 Å². The van der Waals surface area contributed by atoms with Gasteiger partial charge < -0.3 is 23.8 Å². The molecule has 2 fully saturated rings. The van der Waals surface area contributed by atoms with Crippen molar-refractivity contribution in [2.24, 2.45) is 0 Å². The van der Waals surface area contributed by atoms with Crippen LogP contribution in [0.3, 0.4) is 0 Å². The molecule has 0 N–H and O–H groups in total. The van der Waals surface area contributed by atoms with Crippen molar-refractivity contribution in [2.45, 2.75) is 71.3 Å². The number of hydrogen-bond donors (Lipinski definition) is 0. The zero-order valence-electron chi connectivity index (χ0n) is 18.3. The molecule has 0 aliphatic carbocycles. The number of rotatable bonds is 3. The minimum Gasteiger partial charge on any atom is -0.444 e. The average molecular weight is 389 g/mol. The van der Waals surface area contributed by atoms with Crippen molar-refractivity contribution in [3.8, 4) is 0 Å². The molecule has 1 aromatic heterocycles. The Morgan fingerprint density at radius 1 is 1.21 bits per heavy atom. The topological polar surface area (TPSA) is 64.1 Å². The normalized spacial score (nSPS) is 21.4. The van der Waals surface area contributed by atoms with Crippen LogP contribution in [0.5, 0.6) is 0 Å². The molecule has 0 spiro atoms. The monoisotopic (exact) mass is 389 g/mol. The van der Waals surface area contributed by atoms with Gasteiger partial charge in [0.2, 0.25) is 0 Å². The summed E-state index contributed by atoms with van der Waals surface area (Å²) < 4.78 is 17.6. The standard InChI is InChI=1S/C20H32BN3O4/c1-18(2,3)26-17(25)23(8)15-12-24(13-15)16-10-9-14(11-22-16)21-27-19(4,5)20(6,7)28-21/h9-11,15H,12-13H2,1-8H3. The summed E-state index contributed by atoms with van der Waals surface area (Å²) in [6, 6.07) is 4.10. The number of pyridine rings is 1. The molecule has 0 saturated carbocycles. The van der Waals surface area contributed by atoms with Crippen LogP contribution in [-0.2, 0) is 14.0 Å². The number of amides is 1. The van der Waals surface area contributed by atoms with Gasteiger partial charge >= 0.3 is 13.2 Å². The van der Waals surface area contributed by atoms with Crippen LogP contribution in [0.2, 0.25) is 0 Å². The zero-order valence-corrected chi connectivity index (χ0v) is 18.3. The first-order valence-electron chi connectivity index (χ1n) is 9.81. The van der Waals surface area contributed by atoms with Gasteiger partial charge in [-0.25, -0.2) is 9.78 Å². The molecule has 2 aliphatic rings. The Bertz CT molecular complexity index is 708. The van der Waals surface area contributed by atoms with Crippen LogP contribution in [0.15, 0.2) is 18.3 Å². The highest BCUT2D eigenvalue weighted by Gasteiger charge is 2.51. The van der Waals surface area contributed by atoms with Crippen LogP contribution in [0.4, 0.5) is 10.6 Å². The van der Waals surface area contributed by atoms with Gasteiger partial charge in [-0.3, -0.25) is 0 Å². The minimum absolute atomic E-state index is 0.124. The molecule has 28 heavy (non-hydrogen) atoms. The van der Waals surface area contributed by atoms with E-state index in [0.29, 0.717) is 0 Å². The van der Waals surface area contributed by atoms with Crippen molar-refractivity contribution in [3.05, 3.63) is 18.3 Å². The van der Waals surface area contributed by atoms with E-state index in [4.69, 9.17) is 14.0 Å². The largest absolute Gasteiger partial charge is 0.496 e. The molecule has 3 rings (SSSR count). The highest BCUT2D eigenvalue weighted by molar-refractivity contribution is 6.62. The van der Waals surface area contributed by atoms with E-state index in [1.165, 1.54) is 0 Å². The molecule has 3 heterocycles. The maximum Gasteiger partial charge on any atom is 0.496 e. The van der Waals surface area contributed by atoms with E-state index in [1.807, 2.05) is 66.8 Å². The van der Waals surface area contributed by atoms with E-state index in [9.17, 15) is 4.79 Å². The number of hydrogen-bond acceptors (Lipinski definition) is 6. The molecule has 0 radical (unpaired) electrons. The highest BCUT2D eigenvalue weighted by atomic mass is 16.7. The Morgan fingerprint density at radius 2 is 1.79 bits per heavy atom. The molecule has 1 aromatic rings. The third kappa shape index (κ3) is 4.13. The zero-order chi connectivity index (χ0) is 20.9. The van der Waals surface area contributed by atoms with Crippen LogP contribution in [-0.4, -0.2) is 66.1 Å². The second-order valence-electron chi connectivity index (χ2n) is 9.69. The summed E-state index contributed by atoms with van der Waals surface area (Å²) in [7, 11) is 1.37. The molecule has 0 aromatic carbocycles. The molecule has 2 saturated heterocycles. The number of nitrogens with zero attached hydrogens (tertiary/aromatic N) is 3. The van der Waals surface area contributed by atoms with Gasteiger partial charge in [0.25, 0.3) is 0 Å². The van der Waals surface area contributed by atoms with Gasteiger partial charge in [0.1, 0.15) is 11.4 Å². The average Bonchev–Trinajstić information content (AvgIpc) is 2.73. The third-order valence-electron chi connectivity index (χ3n) is 5.71. The molecule has 154 valence electrons. The van der Waals surface area contributed by atoms with E-state index >= 15 is 0 Å². The fourth-order valence-corrected chi connectivity index (χ4v) is 3.07. The van der Waals surface area contributed by atoms with Crippen LogP contribution >= 0.6 is 0 Å². The van der Waals surface area contributed by atoms with Gasteiger partial charge in [0.15, 0.2) is 0 Å². The number of anilines is 1. The second-order valence-corrected chi connectivity index (χ2v) is 9.69. The highest BCUT2D eigenvalue weighted by Crippen LogP contribution is 2.36. The summed E-state index contributed by atoms with van der Waals surface area (Å²) >= 11 is 0. The van der Waals surface area contributed by atoms with Gasteiger partial charge in [0.05, 0.1) is 17.2 Å². The fraction of sp³-hybridized carbons (Fsp3) is 0.700. The maximum atomic E-state index is 12.2. The lowest BCUT2D eigenvalue weighted by atomic mass is 9.80. The summed E-state index contributed by atoms with van der Waals surface area (Å²) in [6.45, 7) is 15.2. The summed E-state index contributed by atoms with van der Waals surface area (Å²) in [5, 5.41) is 0. The maximum absolute atomic E-state index is 12.2. The second kappa shape index (κ2) is 6.92. The molecule has 1 amide bonds. The van der Waals surface area contributed by atoms with Crippen LogP contribution in [0.1, 0.15) is 48.5 Å². The van der Waals surface area contributed by atoms with Crippen LogP contribution in [0, 0.1) is 0 Å². The summed E-state index contributed by atoms with van der Waals surface area (Å²) in [5.74, 6) is 0.883. The van der Waals surface area contributed by atoms with Crippen molar-refractivity contribution in [1.82, 2.24) is 9.88 Å². The first-order valence-corrected chi connectivity index (χ1v) is 9.81. The molecule has 2 aliphatic heterocycles. The van der Waals surface area contributed by atoms with Gasteiger partial charge in [0, 0.05) is 31.8 Å². The number of carbonyl (C=O) groups is 1. The van der Waals surface area contributed by atoms with E-state index in [1.54, 1.807) is 11.9 Å². The van der Waals surface area contributed by atoms with E-state index in [-0.39, 0.29) is 23.3 Å². The van der Waals surface area contributed by atoms with Gasteiger partial charge in [-0.2, -0.15) is 0 Å². The number of aromatic nitrogens is 1. The molecule has 7 nitrogen and oxygen atoms in total. The smallest absolute Gasteiger partial charge is 0.444 e. The first kappa shape index (κ1) is 20.9. The molecular weight excluding hydrogens is 357 g/mol. The molecule has 0 bridgehead atoms. The van der Waals surface area contributed by atoms with Gasteiger partial charge in [-0.05, 0) is 54.5 Å². The Kier molecular flexibility index (Phi) is 5.17. The Labute approximate surface area is 168 Å². The predicted molar refractivity (Wildman–Crippen MR) is 110 cm³/mol. The number of ether oxygens (including phenoxy) is 1. The van der Waals surface area contributed by atoms with E-state index in [0.717, 1.165) is 24.4 Å². The lowest BCUT2D eigenvalue weighted by Gasteiger charge is -2.44. The van der Waals surface area contributed by atoms with Crippen molar-refractivity contribution in [1.29, 1.82) is 0 Å². The lowest BCUT2D eigenvalue weighted by Crippen LogP contribution is -2.60. The Balaban J connectivity index is 1.56.